The van der Waals surface area contributed by atoms with Crippen molar-refractivity contribution in [2.24, 2.45) is 7.05 Å². The molecule has 8 heteroatoms. The van der Waals surface area contributed by atoms with E-state index in [4.69, 9.17) is 0 Å². The van der Waals surface area contributed by atoms with Crippen LogP contribution in [0, 0.1) is 5.82 Å². The second kappa shape index (κ2) is 6.68. The zero-order chi connectivity index (χ0) is 19.1. The Bertz CT molecular complexity index is 1110. The van der Waals surface area contributed by atoms with Gasteiger partial charge in [0.1, 0.15) is 5.82 Å². The van der Waals surface area contributed by atoms with Crippen molar-refractivity contribution in [2.75, 3.05) is 11.4 Å². The summed E-state index contributed by atoms with van der Waals surface area (Å²) in [5, 5.41) is 0. The summed E-state index contributed by atoms with van der Waals surface area (Å²) in [6.45, 7) is 3.80. The largest absolute Gasteiger partial charge is 0.332 e. The van der Waals surface area contributed by atoms with Crippen molar-refractivity contribution in [1.82, 2.24) is 18.7 Å². The van der Waals surface area contributed by atoms with E-state index in [1.54, 1.807) is 19.2 Å². The molecule has 0 saturated heterocycles. The molecule has 1 aliphatic heterocycles. The van der Waals surface area contributed by atoms with Crippen LogP contribution in [-0.2, 0) is 20.1 Å². The molecule has 0 aliphatic carbocycles. The normalized spacial score (nSPS) is 14.0. The first-order chi connectivity index (χ1) is 13.0. The van der Waals surface area contributed by atoms with Gasteiger partial charge in [-0.3, -0.25) is 13.9 Å². The van der Waals surface area contributed by atoms with Crippen LogP contribution in [0.5, 0.6) is 0 Å². The Kier molecular flexibility index (Phi) is 4.33. The molecule has 3 heterocycles. The summed E-state index contributed by atoms with van der Waals surface area (Å²) in [4.78, 5) is 32.3. The number of aryl methyl sites for hydroxylation is 2. The summed E-state index contributed by atoms with van der Waals surface area (Å²) in [6.07, 6.45) is 2.49. The molecule has 27 heavy (non-hydrogen) atoms. The number of benzene rings is 1. The molecule has 7 nitrogen and oxygen atoms in total. The van der Waals surface area contributed by atoms with E-state index in [-0.39, 0.29) is 17.1 Å². The molecule has 0 atom stereocenters. The lowest BCUT2D eigenvalue weighted by molar-refractivity contribution is 0.560. The number of imidazole rings is 1. The van der Waals surface area contributed by atoms with E-state index < -0.39 is 0 Å². The van der Waals surface area contributed by atoms with Gasteiger partial charge in [0.2, 0.25) is 5.95 Å². The number of fused-ring (bicyclic) bond motifs is 3. The van der Waals surface area contributed by atoms with E-state index in [9.17, 15) is 14.0 Å². The van der Waals surface area contributed by atoms with Gasteiger partial charge in [-0.25, -0.2) is 9.18 Å². The fourth-order valence-electron chi connectivity index (χ4n) is 3.64. The Morgan fingerprint density at radius 1 is 1.15 bits per heavy atom. The maximum absolute atomic E-state index is 13.3. The molecular weight excluding hydrogens is 349 g/mol. The lowest BCUT2D eigenvalue weighted by atomic mass is 10.2. The zero-order valence-corrected chi connectivity index (χ0v) is 15.5. The monoisotopic (exact) mass is 371 g/mol. The van der Waals surface area contributed by atoms with E-state index in [1.807, 2.05) is 16.4 Å². The third-order valence-corrected chi connectivity index (χ3v) is 5.09. The third kappa shape index (κ3) is 2.75. The molecule has 0 N–H and O–H groups in total. The molecule has 4 rings (SSSR count). The van der Waals surface area contributed by atoms with Crippen LogP contribution in [0.3, 0.4) is 0 Å². The number of rotatable bonds is 4. The van der Waals surface area contributed by atoms with Crippen molar-refractivity contribution in [3.8, 4) is 0 Å². The molecule has 3 aromatic rings. The van der Waals surface area contributed by atoms with Gasteiger partial charge in [0.25, 0.3) is 5.56 Å². The molecule has 0 unspecified atom stereocenters. The molecule has 0 radical (unpaired) electrons. The molecule has 1 aliphatic rings. The van der Waals surface area contributed by atoms with Crippen LogP contribution in [0.4, 0.5) is 16.0 Å². The Morgan fingerprint density at radius 3 is 2.59 bits per heavy atom. The van der Waals surface area contributed by atoms with E-state index in [0.717, 1.165) is 24.9 Å². The molecule has 0 saturated carbocycles. The number of hydrogen-bond acceptors (Lipinski definition) is 4. The first-order valence-electron chi connectivity index (χ1n) is 9.26. The first kappa shape index (κ1) is 17.5. The van der Waals surface area contributed by atoms with Gasteiger partial charge < -0.3 is 9.47 Å². The number of nitrogens with zero attached hydrogens (tertiary/aromatic N) is 5. The van der Waals surface area contributed by atoms with Gasteiger partial charge in [-0.1, -0.05) is 13.3 Å². The first-order valence-corrected chi connectivity index (χ1v) is 9.26. The fourth-order valence-corrected chi connectivity index (χ4v) is 3.64. The zero-order valence-electron chi connectivity index (χ0n) is 15.5. The highest BCUT2D eigenvalue weighted by molar-refractivity contribution is 5.77. The minimum Gasteiger partial charge on any atom is -0.312 e. The molecule has 1 aromatic carbocycles. The second-order valence-corrected chi connectivity index (χ2v) is 6.87. The highest BCUT2D eigenvalue weighted by Gasteiger charge is 2.26. The van der Waals surface area contributed by atoms with E-state index >= 15 is 0 Å². The average molecular weight is 371 g/mol. The molecular formula is C19H22FN5O2. The Hall–Kier alpha value is -2.90. The predicted octanol–water partition coefficient (Wildman–Crippen LogP) is 2.38. The van der Waals surface area contributed by atoms with Crippen molar-refractivity contribution in [3.63, 3.8) is 0 Å². The van der Waals surface area contributed by atoms with Gasteiger partial charge in [-0.05, 0) is 37.1 Å². The third-order valence-electron chi connectivity index (χ3n) is 5.09. The highest BCUT2D eigenvalue weighted by Crippen LogP contribution is 2.30. The van der Waals surface area contributed by atoms with Crippen LogP contribution < -0.4 is 16.1 Å². The minimum absolute atomic E-state index is 0.291. The van der Waals surface area contributed by atoms with Crippen LogP contribution in [0.25, 0.3) is 11.2 Å². The van der Waals surface area contributed by atoms with Gasteiger partial charge in [0, 0.05) is 32.4 Å². The molecule has 142 valence electrons. The molecule has 2 aromatic heterocycles. The fraction of sp³-hybridized carbons (Fsp3) is 0.421. The van der Waals surface area contributed by atoms with Crippen LogP contribution >= 0.6 is 0 Å². The van der Waals surface area contributed by atoms with Crippen LogP contribution in [0.2, 0.25) is 0 Å². The van der Waals surface area contributed by atoms with E-state index in [2.05, 4.69) is 4.98 Å². The number of unbranched alkanes of at least 4 members (excludes halogenated alkanes) is 1. The van der Waals surface area contributed by atoms with Crippen LogP contribution in [0.15, 0.2) is 33.9 Å². The summed E-state index contributed by atoms with van der Waals surface area (Å²) in [5.41, 5.74) is 1.02. The highest BCUT2D eigenvalue weighted by atomic mass is 19.1. The van der Waals surface area contributed by atoms with Crippen molar-refractivity contribution in [1.29, 1.82) is 0 Å². The smallest absolute Gasteiger partial charge is 0.312 e. The summed E-state index contributed by atoms with van der Waals surface area (Å²) in [5.74, 6) is 0.314. The molecule has 0 amide bonds. The number of halogens is 1. The topological polar surface area (TPSA) is 65.1 Å². The predicted molar refractivity (Wildman–Crippen MR) is 102 cm³/mol. The van der Waals surface area contributed by atoms with Crippen LogP contribution in [0.1, 0.15) is 26.2 Å². The van der Waals surface area contributed by atoms with E-state index in [1.165, 1.54) is 21.3 Å². The van der Waals surface area contributed by atoms with Crippen molar-refractivity contribution in [2.45, 2.75) is 39.3 Å². The van der Waals surface area contributed by atoms with Crippen molar-refractivity contribution >= 4 is 22.8 Å². The quantitative estimate of drug-likeness (QED) is 0.706. The summed E-state index contributed by atoms with van der Waals surface area (Å²) in [7, 11) is 1.65. The second-order valence-electron chi connectivity index (χ2n) is 6.87. The summed E-state index contributed by atoms with van der Waals surface area (Å²) < 4.78 is 17.9. The van der Waals surface area contributed by atoms with Gasteiger partial charge in [0.15, 0.2) is 11.2 Å². The number of anilines is 2. The van der Waals surface area contributed by atoms with Crippen molar-refractivity contribution < 1.29 is 4.39 Å². The Labute approximate surface area is 155 Å². The molecule has 0 spiro atoms. The Balaban J connectivity index is 1.94. The van der Waals surface area contributed by atoms with Gasteiger partial charge in [-0.2, -0.15) is 4.98 Å². The van der Waals surface area contributed by atoms with Gasteiger partial charge >= 0.3 is 5.69 Å². The number of aromatic nitrogens is 4. The maximum atomic E-state index is 13.3. The van der Waals surface area contributed by atoms with E-state index in [0.29, 0.717) is 36.7 Å². The minimum atomic E-state index is -0.343. The maximum Gasteiger partial charge on any atom is 0.332 e. The lowest BCUT2D eigenvalue weighted by Crippen LogP contribution is -2.40. The summed E-state index contributed by atoms with van der Waals surface area (Å²) >= 11 is 0. The lowest BCUT2D eigenvalue weighted by Gasteiger charge is -2.29. The molecule has 0 bridgehead atoms. The number of hydrogen-bond donors (Lipinski definition) is 0. The van der Waals surface area contributed by atoms with Crippen LogP contribution in [-0.4, -0.2) is 25.2 Å². The van der Waals surface area contributed by atoms with Gasteiger partial charge in [0.05, 0.1) is 0 Å². The van der Waals surface area contributed by atoms with Gasteiger partial charge in [-0.15, -0.1) is 0 Å². The summed E-state index contributed by atoms with van der Waals surface area (Å²) in [6, 6.07) is 6.21. The average Bonchev–Trinajstić information content (AvgIpc) is 3.07. The standard InChI is InChI=1S/C19H22FN5O2/c1-3-4-10-25-17(26)15-16(22(2)19(25)27)21-18-23(11-5-12-24(15)18)14-8-6-13(20)7-9-14/h6-9H,3-5,10-12H2,1-2H3. The van der Waals surface area contributed by atoms with Crippen molar-refractivity contribution in [3.05, 3.63) is 50.9 Å². The Morgan fingerprint density at radius 2 is 1.89 bits per heavy atom. The molecule has 0 fully saturated rings. The SMILES string of the molecule is CCCCn1c(=O)c2c(nc3n2CCCN3c2ccc(F)cc2)n(C)c1=O.